The van der Waals surface area contributed by atoms with E-state index in [9.17, 15) is 4.79 Å². The van der Waals surface area contributed by atoms with Gasteiger partial charge in [0.25, 0.3) is 0 Å². The van der Waals surface area contributed by atoms with E-state index in [-0.39, 0.29) is 0 Å². The van der Waals surface area contributed by atoms with Crippen molar-refractivity contribution in [3.05, 3.63) is 77.6 Å². The number of carboxylic acids is 1. The Labute approximate surface area is 196 Å². The zero-order valence-corrected chi connectivity index (χ0v) is 19.4. The molecule has 1 N–H and O–H groups in total. The van der Waals surface area contributed by atoms with Crippen LogP contribution in [-0.2, 0) is 13.6 Å². The molecule has 2 aliphatic rings. The molecular formula is C28H33N3O2. The number of hydrogen-bond acceptors (Lipinski definition) is 3. The van der Waals surface area contributed by atoms with Gasteiger partial charge in [0.15, 0.2) is 0 Å². The van der Waals surface area contributed by atoms with Gasteiger partial charge in [0.05, 0.1) is 11.8 Å². The Bertz CT molecular complexity index is 1080. The SMILES string of the molecule is Cn1cc(-c2ccc([C@H]3C[C@@H]3CCC3CCN(Cc4ccc(C(=O)O)cc4)CC3)cc2)cn1. The highest BCUT2D eigenvalue weighted by Gasteiger charge is 2.38. The third-order valence-electron chi connectivity index (χ3n) is 7.56. The van der Waals surface area contributed by atoms with Gasteiger partial charge in [-0.2, -0.15) is 5.10 Å². The van der Waals surface area contributed by atoms with Crippen LogP contribution in [-0.4, -0.2) is 38.8 Å². The third kappa shape index (κ3) is 5.36. The number of rotatable bonds is 8. The molecular weight excluding hydrogens is 410 g/mol. The maximum Gasteiger partial charge on any atom is 0.335 e. The largest absolute Gasteiger partial charge is 0.478 e. The van der Waals surface area contributed by atoms with Crippen LogP contribution in [0.4, 0.5) is 0 Å². The van der Waals surface area contributed by atoms with E-state index in [1.54, 1.807) is 12.1 Å². The zero-order chi connectivity index (χ0) is 22.8. The van der Waals surface area contributed by atoms with Gasteiger partial charge < -0.3 is 5.11 Å². The Kier molecular flexibility index (Phi) is 6.32. The minimum absolute atomic E-state index is 0.361. The number of hydrogen-bond donors (Lipinski definition) is 1. The average Bonchev–Trinajstić information content (AvgIpc) is 3.49. The van der Waals surface area contributed by atoms with Crippen molar-refractivity contribution >= 4 is 5.97 Å². The lowest BCUT2D eigenvalue weighted by Gasteiger charge is -2.32. The van der Waals surface area contributed by atoms with Crippen LogP contribution in [0.15, 0.2) is 60.9 Å². The standard InChI is InChI=1S/C28H33N3O2/c1-30-19-26(17-29-30)22-8-10-23(11-9-22)27-16-25(27)7-2-20-12-14-31(15-13-20)18-21-3-5-24(6-4-21)28(32)33/h3-6,8-11,17,19-20,25,27H,2,7,12-16,18H2,1H3,(H,32,33)/t25-,27+/m0/s1. The molecule has 0 bridgehead atoms. The molecule has 1 aliphatic carbocycles. The van der Waals surface area contributed by atoms with E-state index in [0.717, 1.165) is 37.4 Å². The highest BCUT2D eigenvalue weighted by atomic mass is 16.4. The van der Waals surface area contributed by atoms with Gasteiger partial charge in [-0.25, -0.2) is 4.79 Å². The van der Waals surface area contributed by atoms with Crippen molar-refractivity contribution in [1.29, 1.82) is 0 Å². The molecule has 2 fully saturated rings. The topological polar surface area (TPSA) is 58.4 Å². The Morgan fingerprint density at radius 2 is 1.73 bits per heavy atom. The highest BCUT2D eigenvalue weighted by Crippen LogP contribution is 2.51. The van der Waals surface area contributed by atoms with Crippen molar-refractivity contribution in [2.24, 2.45) is 18.9 Å². The van der Waals surface area contributed by atoms with Crippen LogP contribution in [0.5, 0.6) is 0 Å². The first-order valence-corrected chi connectivity index (χ1v) is 12.2. The molecule has 5 nitrogen and oxygen atoms in total. The maximum absolute atomic E-state index is 11.0. The third-order valence-corrected chi connectivity index (χ3v) is 7.56. The van der Waals surface area contributed by atoms with Gasteiger partial charge in [-0.15, -0.1) is 0 Å². The van der Waals surface area contributed by atoms with Crippen LogP contribution in [0.1, 0.15) is 59.5 Å². The summed E-state index contributed by atoms with van der Waals surface area (Å²) in [5, 5.41) is 13.3. The molecule has 5 rings (SSSR count). The summed E-state index contributed by atoms with van der Waals surface area (Å²) in [5.74, 6) is 1.61. The minimum Gasteiger partial charge on any atom is -0.478 e. The van der Waals surface area contributed by atoms with Crippen LogP contribution in [0, 0.1) is 11.8 Å². The number of benzene rings is 2. The second kappa shape index (κ2) is 9.52. The van der Waals surface area contributed by atoms with Crippen molar-refractivity contribution in [3.63, 3.8) is 0 Å². The van der Waals surface area contributed by atoms with E-state index in [2.05, 4.69) is 40.5 Å². The number of piperidine rings is 1. The fourth-order valence-electron chi connectivity index (χ4n) is 5.36. The maximum atomic E-state index is 11.0. The van der Waals surface area contributed by atoms with E-state index < -0.39 is 5.97 Å². The number of likely N-dealkylation sites (tertiary alicyclic amines) is 1. The normalized spacial score (nSPS) is 21.2. The molecule has 33 heavy (non-hydrogen) atoms. The fourth-order valence-corrected chi connectivity index (χ4v) is 5.36. The molecule has 1 saturated carbocycles. The van der Waals surface area contributed by atoms with Gasteiger partial charge in [0.2, 0.25) is 0 Å². The number of carboxylic acid groups (broad SMARTS) is 1. The lowest BCUT2D eigenvalue weighted by molar-refractivity contribution is 0.0697. The molecule has 0 amide bonds. The predicted molar refractivity (Wildman–Crippen MR) is 130 cm³/mol. The molecule has 2 atom stereocenters. The molecule has 1 aliphatic heterocycles. The number of carbonyl (C=O) groups is 1. The summed E-state index contributed by atoms with van der Waals surface area (Å²) in [7, 11) is 1.96. The second-order valence-electron chi connectivity index (χ2n) is 9.93. The van der Waals surface area contributed by atoms with Gasteiger partial charge in [-0.05, 0) is 85.3 Å². The first-order chi connectivity index (χ1) is 16.0. The van der Waals surface area contributed by atoms with Crippen molar-refractivity contribution in [2.45, 2.75) is 44.6 Å². The molecule has 5 heteroatoms. The molecule has 2 aromatic carbocycles. The van der Waals surface area contributed by atoms with Gasteiger partial charge in [-0.3, -0.25) is 9.58 Å². The monoisotopic (exact) mass is 443 g/mol. The molecule has 0 spiro atoms. The summed E-state index contributed by atoms with van der Waals surface area (Å²) in [6, 6.07) is 16.4. The van der Waals surface area contributed by atoms with E-state index in [1.807, 2.05) is 30.1 Å². The van der Waals surface area contributed by atoms with Gasteiger partial charge in [-0.1, -0.05) is 42.8 Å². The van der Waals surface area contributed by atoms with Crippen LogP contribution in [0.2, 0.25) is 0 Å². The Balaban J connectivity index is 1.03. The Morgan fingerprint density at radius 3 is 2.36 bits per heavy atom. The summed E-state index contributed by atoms with van der Waals surface area (Å²) >= 11 is 0. The highest BCUT2D eigenvalue weighted by molar-refractivity contribution is 5.87. The van der Waals surface area contributed by atoms with Crippen LogP contribution < -0.4 is 0 Å². The number of nitrogens with zero attached hydrogens (tertiary/aromatic N) is 3. The van der Waals surface area contributed by atoms with E-state index in [0.29, 0.717) is 5.56 Å². The lowest BCUT2D eigenvalue weighted by atomic mass is 9.90. The summed E-state index contributed by atoms with van der Waals surface area (Å²) in [6.45, 7) is 3.22. The Morgan fingerprint density at radius 1 is 1.00 bits per heavy atom. The van der Waals surface area contributed by atoms with Crippen LogP contribution in [0.3, 0.4) is 0 Å². The summed E-state index contributed by atoms with van der Waals surface area (Å²) in [4.78, 5) is 13.5. The number of aromatic nitrogens is 2. The van der Waals surface area contributed by atoms with Gasteiger partial charge in [0, 0.05) is 25.4 Å². The molecule has 0 radical (unpaired) electrons. The van der Waals surface area contributed by atoms with Gasteiger partial charge >= 0.3 is 5.97 Å². The first-order valence-electron chi connectivity index (χ1n) is 12.2. The van der Waals surface area contributed by atoms with Crippen LogP contribution >= 0.6 is 0 Å². The number of aryl methyl sites for hydroxylation is 1. The molecule has 2 heterocycles. The average molecular weight is 444 g/mol. The quantitative estimate of drug-likeness (QED) is 0.494. The molecule has 1 aromatic heterocycles. The zero-order valence-electron chi connectivity index (χ0n) is 19.4. The Hall–Kier alpha value is -2.92. The summed E-state index contributed by atoms with van der Waals surface area (Å²) in [6.07, 6.45) is 10.6. The fraction of sp³-hybridized carbons (Fsp3) is 0.429. The van der Waals surface area contributed by atoms with Gasteiger partial charge in [0.1, 0.15) is 0 Å². The molecule has 1 saturated heterocycles. The summed E-state index contributed by atoms with van der Waals surface area (Å²) in [5.41, 5.74) is 5.49. The number of aromatic carboxylic acids is 1. The minimum atomic E-state index is -0.859. The van der Waals surface area contributed by atoms with E-state index >= 15 is 0 Å². The molecule has 0 unspecified atom stereocenters. The van der Waals surface area contributed by atoms with Crippen molar-refractivity contribution in [2.75, 3.05) is 13.1 Å². The van der Waals surface area contributed by atoms with E-state index in [4.69, 9.17) is 5.11 Å². The molecule has 172 valence electrons. The lowest BCUT2D eigenvalue weighted by Crippen LogP contribution is -2.33. The van der Waals surface area contributed by atoms with E-state index in [1.165, 1.54) is 54.4 Å². The predicted octanol–water partition coefficient (Wildman–Crippen LogP) is 5.58. The second-order valence-corrected chi connectivity index (χ2v) is 9.93. The van der Waals surface area contributed by atoms with Crippen LogP contribution in [0.25, 0.3) is 11.1 Å². The first kappa shape index (κ1) is 21.9. The molecule has 3 aromatic rings. The summed E-state index contributed by atoms with van der Waals surface area (Å²) < 4.78 is 1.85. The van der Waals surface area contributed by atoms with Crippen molar-refractivity contribution in [1.82, 2.24) is 14.7 Å². The van der Waals surface area contributed by atoms with Crippen molar-refractivity contribution < 1.29 is 9.90 Å². The smallest absolute Gasteiger partial charge is 0.335 e. The van der Waals surface area contributed by atoms with Crippen molar-refractivity contribution in [3.8, 4) is 11.1 Å².